The average Bonchev–Trinajstić information content (AvgIpc) is 3.36. The van der Waals surface area contributed by atoms with Gasteiger partial charge in [-0.15, -0.1) is 0 Å². The minimum absolute atomic E-state index is 0.0822. The zero-order valence-electron chi connectivity index (χ0n) is 23.1. The van der Waals surface area contributed by atoms with E-state index in [0.717, 1.165) is 25.7 Å². The first kappa shape index (κ1) is 28.9. The molecule has 1 saturated carbocycles. The second kappa shape index (κ2) is 13.2. The van der Waals surface area contributed by atoms with Crippen molar-refractivity contribution in [3.05, 3.63) is 89.5 Å². The van der Waals surface area contributed by atoms with E-state index in [1.165, 1.54) is 27.5 Å². The Labute approximate surface area is 226 Å². The molecule has 0 bridgehead atoms. The number of carbonyl (C=O) groups is 1. The van der Waals surface area contributed by atoms with Crippen molar-refractivity contribution in [1.82, 2.24) is 4.90 Å². The molecular formula is C33H39NO4. The topological polar surface area (TPSA) is 63.7 Å². The van der Waals surface area contributed by atoms with E-state index in [2.05, 4.69) is 92.7 Å². The van der Waals surface area contributed by atoms with Crippen LogP contribution in [0.5, 0.6) is 0 Å². The Morgan fingerprint density at radius 1 is 1.03 bits per heavy atom. The summed E-state index contributed by atoms with van der Waals surface area (Å²) in [5, 5.41) is 2.39. The molecule has 4 rings (SSSR count). The van der Waals surface area contributed by atoms with Crippen LogP contribution < -0.4 is 0 Å². The van der Waals surface area contributed by atoms with Gasteiger partial charge in [0, 0.05) is 6.04 Å². The lowest BCUT2D eigenvalue weighted by Gasteiger charge is -2.37. The van der Waals surface area contributed by atoms with Crippen LogP contribution in [0, 0.1) is 0 Å². The predicted octanol–water partition coefficient (Wildman–Crippen LogP) is 8.31. The fourth-order valence-corrected chi connectivity index (χ4v) is 5.35. The molecule has 5 heteroatoms. The SMILES string of the molecule is CC/C=C/c1ccc([C@@H]2CC[C@H](N(C(=O)OC(C)(C)C)[C@H](C)c3cccc4ccccc34)C2)cc1.O=C=O. The number of carbonyl (C=O) groups excluding carboxylic acids is 3. The second-order valence-corrected chi connectivity index (χ2v) is 10.9. The van der Waals surface area contributed by atoms with Gasteiger partial charge in [-0.25, -0.2) is 4.79 Å². The van der Waals surface area contributed by atoms with Gasteiger partial charge in [0.05, 0.1) is 6.04 Å². The van der Waals surface area contributed by atoms with Gasteiger partial charge in [-0.3, -0.25) is 4.90 Å². The first-order chi connectivity index (χ1) is 18.2. The molecule has 1 amide bonds. The van der Waals surface area contributed by atoms with Crippen molar-refractivity contribution in [1.29, 1.82) is 0 Å². The summed E-state index contributed by atoms with van der Waals surface area (Å²) in [7, 11) is 0. The van der Waals surface area contributed by atoms with Crippen LogP contribution in [-0.2, 0) is 14.3 Å². The Morgan fingerprint density at radius 3 is 2.34 bits per heavy atom. The summed E-state index contributed by atoms with van der Waals surface area (Å²) in [6.07, 6.45) is 8.46. The third-order valence-corrected chi connectivity index (χ3v) is 7.05. The molecule has 5 nitrogen and oxygen atoms in total. The summed E-state index contributed by atoms with van der Waals surface area (Å²) in [6, 6.07) is 23.8. The maximum atomic E-state index is 13.6. The zero-order chi connectivity index (χ0) is 27.7. The molecule has 0 radical (unpaired) electrons. The number of nitrogens with zero attached hydrogens (tertiary/aromatic N) is 1. The van der Waals surface area contributed by atoms with Crippen molar-refractivity contribution >= 4 is 29.1 Å². The summed E-state index contributed by atoms with van der Waals surface area (Å²) in [5.74, 6) is 0.453. The van der Waals surface area contributed by atoms with Crippen LogP contribution in [0.25, 0.3) is 16.8 Å². The molecule has 0 aromatic heterocycles. The Morgan fingerprint density at radius 2 is 1.68 bits per heavy atom. The lowest BCUT2D eigenvalue weighted by atomic mass is 9.95. The number of ether oxygens (including phenoxy) is 1. The lowest BCUT2D eigenvalue weighted by molar-refractivity contribution is -0.191. The van der Waals surface area contributed by atoms with Gasteiger partial charge in [0.15, 0.2) is 0 Å². The highest BCUT2D eigenvalue weighted by Gasteiger charge is 2.38. The van der Waals surface area contributed by atoms with E-state index in [1.807, 2.05) is 25.7 Å². The number of hydrogen-bond acceptors (Lipinski definition) is 4. The van der Waals surface area contributed by atoms with Crippen molar-refractivity contribution in [2.75, 3.05) is 0 Å². The summed E-state index contributed by atoms with van der Waals surface area (Å²) in [5.41, 5.74) is 3.24. The Hall–Kier alpha value is -3.69. The number of rotatable bonds is 6. The molecule has 0 N–H and O–H groups in total. The smallest absolute Gasteiger partial charge is 0.411 e. The first-order valence-corrected chi connectivity index (χ1v) is 13.4. The van der Waals surface area contributed by atoms with Crippen molar-refractivity contribution < 1.29 is 19.1 Å². The standard InChI is InChI=1S/C32H39NO2.CO2/c1-6-7-11-24-16-18-25(19-17-24)27-20-21-28(22-27)33(31(34)35-32(3,4)5)23(2)29-15-10-13-26-12-8-9-14-30(26)29;2-1-3/h7-19,23,27-28H,6,20-22H2,1-5H3;/b11-7+;/t23-,27-,28+;/m1./s1. The van der Waals surface area contributed by atoms with E-state index in [1.54, 1.807) is 0 Å². The van der Waals surface area contributed by atoms with Gasteiger partial charge < -0.3 is 4.74 Å². The normalized spacial score (nSPS) is 17.9. The maximum absolute atomic E-state index is 13.6. The van der Waals surface area contributed by atoms with E-state index >= 15 is 0 Å². The maximum Gasteiger partial charge on any atom is 0.411 e. The van der Waals surface area contributed by atoms with E-state index in [0.29, 0.717) is 5.92 Å². The van der Waals surface area contributed by atoms with Gasteiger partial charge in [-0.05, 0) is 86.8 Å². The van der Waals surface area contributed by atoms with E-state index < -0.39 is 5.60 Å². The first-order valence-electron chi connectivity index (χ1n) is 13.4. The molecule has 0 aliphatic heterocycles. The fraction of sp³-hybridized carbons (Fsp3) is 0.394. The third kappa shape index (κ3) is 7.43. The van der Waals surface area contributed by atoms with Crippen molar-refractivity contribution in [2.24, 2.45) is 0 Å². The van der Waals surface area contributed by atoms with Gasteiger partial charge in [0.1, 0.15) is 5.60 Å². The highest BCUT2D eigenvalue weighted by Crippen LogP contribution is 2.41. The fourth-order valence-electron chi connectivity index (χ4n) is 5.35. The van der Waals surface area contributed by atoms with Crippen molar-refractivity contribution in [3.63, 3.8) is 0 Å². The molecule has 200 valence electrons. The van der Waals surface area contributed by atoms with Crippen LogP contribution in [0.2, 0.25) is 0 Å². The number of fused-ring (bicyclic) bond motifs is 1. The predicted molar refractivity (Wildman–Crippen MR) is 152 cm³/mol. The van der Waals surface area contributed by atoms with Gasteiger partial charge in [-0.2, -0.15) is 9.59 Å². The third-order valence-electron chi connectivity index (χ3n) is 7.05. The molecule has 3 atom stereocenters. The zero-order valence-corrected chi connectivity index (χ0v) is 23.1. The van der Waals surface area contributed by atoms with Crippen LogP contribution >= 0.6 is 0 Å². The molecule has 0 heterocycles. The van der Waals surface area contributed by atoms with Gasteiger partial charge in [0.2, 0.25) is 0 Å². The molecule has 1 fully saturated rings. The average molecular weight is 514 g/mol. The summed E-state index contributed by atoms with van der Waals surface area (Å²) in [4.78, 5) is 31.9. The van der Waals surface area contributed by atoms with Crippen LogP contribution in [-0.4, -0.2) is 28.8 Å². The van der Waals surface area contributed by atoms with Gasteiger partial charge in [0.25, 0.3) is 0 Å². The molecule has 0 saturated heterocycles. The molecule has 1 aliphatic rings. The quantitative estimate of drug-likeness (QED) is 0.332. The summed E-state index contributed by atoms with van der Waals surface area (Å²) < 4.78 is 5.94. The molecular weight excluding hydrogens is 474 g/mol. The van der Waals surface area contributed by atoms with E-state index in [9.17, 15) is 4.79 Å². The molecule has 1 aliphatic carbocycles. The van der Waals surface area contributed by atoms with Crippen LogP contribution in [0.4, 0.5) is 4.79 Å². The van der Waals surface area contributed by atoms with E-state index in [4.69, 9.17) is 14.3 Å². The van der Waals surface area contributed by atoms with Gasteiger partial charge in [-0.1, -0.05) is 85.8 Å². The second-order valence-electron chi connectivity index (χ2n) is 10.9. The molecule has 3 aromatic carbocycles. The van der Waals surface area contributed by atoms with Crippen molar-refractivity contribution in [2.45, 2.75) is 83.9 Å². The number of hydrogen-bond donors (Lipinski definition) is 0. The van der Waals surface area contributed by atoms with E-state index in [-0.39, 0.29) is 24.3 Å². The number of benzene rings is 3. The number of allylic oxidation sites excluding steroid dienone is 1. The lowest BCUT2D eigenvalue weighted by Crippen LogP contribution is -2.44. The number of amides is 1. The monoisotopic (exact) mass is 513 g/mol. The van der Waals surface area contributed by atoms with Crippen LogP contribution in [0.1, 0.15) is 89.0 Å². The summed E-state index contributed by atoms with van der Waals surface area (Å²) in [6.45, 7) is 10.1. The molecule has 0 unspecified atom stereocenters. The molecule has 38 heavy (non-hydrogen) atoms. The largest absolute Gasteiger partial charge is 0.444 e. The van der Waals surface area contributed by atoms with Gasteiger partial charge >= 0.3 is 12.2 Å². The molecule has 0 spiro atoms. The summed E-state index contributed by atoms with van der Waals surface area (Å²) >= 11 is 0. The highest BCUT2D eigenvalue weighted by atomic mass is 16.6. The minimum Gasteiger partial charge on any atom is -0.444 e. The Kier molecular flexibility index (Phi) is 10.0. The Bertz CT molecular complexity index is 1260. The highest BCUT2D eigenvalue weighted by molar-refractivity contribution is 5.86. The van der Waals surface area contributed by atoms with Crippen LogP contribution in [0.15, 0.2) is 72.8 Å². The van der Waals surface area contributed by atoms with Crippen molar-refractivity contribution in [3.8, 4) is 0 Å². The Balaban J connectivity index is 0.00000127. The van der Waals surface area contributed by atoms with Crippen LogP contribution in [0.3, 0.4) is 0 Å². The minimum atomic E-state index is -0.534. The molecule has 3 aromatic rings.